The monoisotopic (exact) mass is 390 g/mol. The first-order valence-electron chi connectivity index (χ1n) is 9.41. The maximum absolute atomic E-state index is 6.00. The Labute approximate surface area is 165 Å². The van der Waals surface area contributed by atoms with E-state index in [4.69, 9.17) is 16.3 Å². The van der Waals surface area contributed by atoms with E-state index in [-0.39, 0.29) is 12.1 Å². The minimum atomic E-state index is -0.0603. The molecule has 0 amide bonds. The summed E-state index contributed by atoms with van der Waals surface area (Å²) in [6, 6.07) is 7.69. The summed E-state index contributed by atoms with van der Waals surface area (Å²) >= 11 is 6.00. The zero-order chi connectivity index (χ0) is 19.2. The second-order valence-electron chi connectivity index (χ2n) is 6.74. The molecule has 0 radical (unpaired) electrons. The molecule has 2 atom stereocenters. The van der Waals surface area contributed by atoms with Crippen molar-refractivity contribution >= 4 is 17.6 Å². The van der Waals surface area contributed by atoms with Crippen LogP contribution in [-0.4, -0.2) is 46.0 Å². The summed E-state index contributed by atoms with van der Waals surface area (Å²) in [5, 5.41) is 11.9. The van der Waals surface area contributed by atoms with Gasteiger partial charge in [-0.15, -0.1) is 0 Å². The Kier molecular flexibility index (Phi) is 6.55. The van der Waals surface area contributed by atoms with E-state index in [1.54, 1.807) is 0 Å². The van der Waals surface area contributed by atoms with Crippen LogP contribution in [0.25, 0.3) is 0 Å². The highest BCUT2D eigenvalue weighted by Gasteiger charge is 2.21. The van der Waals surface area contributed by atoms with Crippen molar-refractivity contribution in [2.24, 2.45) is 4.99 Å². The van der Waals surface area contributed by atoms with Gasteiger partial charge in [0.25, 0.3) is 0 Å². The molecule has 2 N–H and O–H groups in total. The number of nitrogens with one attached hydrogen (secondary N) is 2. The Morgan fingerprint density at radius 2 is 2.33 bits per heavy atom. The lowest BCUT2D eigenvalue weighted by Crippen LogP contribution is -2.47. The van der Waals surface area contributed by atoms with Gasteiger partial charge in [-0.3, -0.25) is 0 Å². The Morgan fingerprint density at radius 1 is 1.48 bits per heavy atom. The molecule has 0 aliphatic carbocycles. The number of aryl methyl sites for hydroxylation is 2. The number of fused-ring (bicyclic) bond motifs is 1. The molecule has 27 heavy (non-hydrogen) atoms. The van der Waals surface area contributed by atoms with Crippen molar-refractivity contribution in [2.75, 3.05) is 13.1 Å². The molecule has 1 aliphatic heterocycles. The van der Waals surface area contributed by atoms with Crippen molar-refractivity contribution in [3.8, 4) is 5.75 Å². The summed E-state index contributed by atoms with van der Waals surface area (Å²) in [5.74, 6) is 3.45. The Morgan fingerprint density at radius 3 is 3.11 bits per heavy atom. The molecule has 3 rings (SSSR count). The van der Waals surface area contributed by atoms with Gasteiger partial charge in [-0.25, -0.2) is 14.7 Å². The topological polar surface area (TPSA) is 76.4 Å². The van der Waals surface area contributed by atoms with Crippen LogP contribution in [0.4, 0.5) is 0 Å². The van der Waals surface area contributed by atoms with E-state index in [0.29, 0.717) is 11.6 Å². The molecule has 1 aromatic heterocycles. The van der Waals surface area contributed by atoms with Crippen molar-refractivity contribution in [3.63, 3.8) is 0 Å². The molecule has 1 aliphatic rings. The molecule has 0 fully saturated rings. The van der Waals surface area contributed by atoms with Gasteiger partial charge in [0.05, 0.1) is 13.1 Å². The molecule has 8 heteroatoms. The number of hydrogen-bond donors (Lipinski definition) is 2. The van der Waals surface area contributed by atoms with Crippen molar-refractivity contribution in [1.29, 1.82) is 0 Å². The number of hydrogen-bond acceptors (Lipinski definition) is 4. The van der Waals surface area contributed by atoms with Crippen LogP contribution in [0.2, 0.25) is 5.02 Å². The van der Waals surface area contributed by atoms with E-state index in [0.717, 1.165) is 49.3 Å². The van der Waals surface area contributed by atoms with Crippen LogP contribution < -0.4 is 15.4 Å². The maximum Gasteiger partial charge on any atom is 0.191 e. The highest BCUT2D eigenvalue weighted by atomic mass is 35.5. The predicted octanol–water partition coefficient (Wildman–Crippen LogP) is 2.58. The van der Waals surface area contributed by atoms with Crippen molar-refractivity contribution in [2.45, 2.75) is 52.3 Å². The molecule has 2 unspecified atom stereocenters. The van der Waals surface area contributed by atoms with Crippen molar-refractivity contribution in [1.82, 2.24) is 25.4 Å². The number of nitrogens with zero attached hydrogens (tertiary/aromatic N) is 4. The molecular formula is C19H27ClN6O. The van der Waals surface area contributed by atoms with E-state index in [2.05, 4.69) is 32.6 Å². The Hall–Kier alpha value is -2.28. The van der Waals surface area contributed by atoms with Gasteiger partial charge in [0.15, 0.2) is 5.96 Å². The normalized spacial score (nSPS) is 17.9. The lowest BCUT2D eigenvalue weighted by atomic mass is 10.1. The lowest BCUT2D eigenvalue weighted by molar-refractivity contribution is 0.230. The number of benzene rings is 1. The Bertz CT molecular complexity index is 790. The molecule has 2 aromatic rings. The van der Waals surface area contributed by atoms with Gasteiger partial charge in [0.2, 0.25) is 0 Å². The van der Waals surface area contributed by atoms with E-state index in [9.17, 15) is 0 Å². The van der Waals surface area contributed by atoms with Crippen molar-refractivity contribution < 1.29 is 4.74 Å². The van der Waals surface area contributed by atoms with Gasteiger partial charge >= 0.3 is 0 Å². The van der Waals surface area contributed by atoms with Crippen LogP contribution in [0.3, 0.4) is 0 Å². The second kappa shape index (κ2) is 9.08. The van der Waals surface area contributed by atoms with Crippen molar-refractivity contribution in [3.05, 3.63) is 40.9 Å². The number of guanidine groups is 1. The quantitative estimate of drug-likeness (QED) is 0.585. The van der Waals surface area contributed by atoms with E-state index >= 15 is 0 Å². The molecule has 7 nitrogen and oxygen atoms in total. The fourth-order valence-corrected chi connectivity index (χ4v) is 3.27. The first kappa shape index (κ1) is 19.5. The zero-order valence-corrected chi connectivity index (χ0v) is 16.8. The van der Waals surface area contributed by atoms with E-state index in [1.807, 2.05) is 42.8 Å². The molecule has 2 heterocycles. The molecule has 1 aromatic carbocycles. The summed E-state index contributed by atoms with van der Waals surface area (Å²) in [6.07, 6.45) is 1.87. The highest BCUT2D eigenvalue weighted by Crippen LogP contribution is 2.18. The SMILES string of the molecule is CCNC(=NCC(C)Oc1cccc(Cl)c1)NC1CCc2nc(C)nn2C1. The molecule has 0 saturated carbocycles. The summed E-state index contributed by atoms with van der Waals surface area (Å²) in [7, 11) is 0. The molecule has 0 saturated heterocycles. The highest BCUT2D eigenvalue weighted by molar-refractivity contribution is 6.30. The summed E-state index contributed by atoms with van der Waals surface area (Å²) < 4.78 is 7.88. The zero-order valence-electron chi connectivity index (χ0n) is 16.1. The van der Waals surface area contributed by atoms with Gasteiger partial charge < -0.3 is 15.4 Å². The number of rotatable bonds is 6. The smallest absolute Gasteiger partial charge is 0.191 e. The fourth-order valence-electron chi connectivity index (χ4n) is 3.09. The minimum Gasteiger partial charge on any atom is -0.489 e. The van der Waals surface area contributed by atoms with Crippen LogP contribution in [0, 0.1) is 6.92 Å². The third-order valence-corrected chi connectivity index (χ3v) is 4.52. The molecule has 0 bridgehead atoms. The average molecular weight is 391 g/mol. The first-order chi connectivity index (χ1) is 13.0. The number of aliphatic imine (C=N–C) groups is 1. The first-order valence-corrected chi connectivity index (χ1v) is 9.78. The third-order valence-electron chi connectivity index (χ3n) is 4.29. The number of aromatic nitrogens is 3. The van der Waals surface area contributed by atoms with Gasteiger partial charge in [0.1, 0.15) is 23.5 Å². The van der Waals surface area contributed by atoms with Crippen LogP contribution in [0.5, 0.6) is 5.75 Å². The van der Waals surface area contributed by atoms with Crippen LogP contribution in [0.1, 0.15) is 31.9 Å². The Balaban J connectivity index is 1.56. The van der Waals surface area contributed by atoms with Crippen LogP contribution >= 0.6 is 11.6 Å². The maximum atomic E-state index is 6.00. The standard InChI is InChI=1S/C19H27ClN6O/c1-4-21-19(22-11-13(2)27-17-7-5-6-15(20)10-17)24-16-8-9-18-23-14(3)25-26(18)12-16/h5-7,10,13,16H,4,8-9,11-12H2,1-3H3,(H2,21,22,24). The van der Waals surface area contributed by atoms with Crippen LogP contribution in [-0.2, 0) is 13.0 Å². The largest absolute Gasteiger partial charge is 0.489 e. The second-order valence-corrected chi connectivity index (χ2v) is 7.18. The van der Waals surface area contributed by atoms with Gasteiger partial charge in [0, 0.05) is 24.0 Å². The summed E-state index contributed by atoms with van der Waals surface area (Å²) in [6.45, 7) is 8.13. The predicted molar refractivity (Wildman–Crippen MR) is 108 cm³/mol. The molecule has 146 valence electrons. The van der Waals surface area contributed by atoms with E-state index < -0.39 is 0 Å². The number of halogens is 1. The van der Waals surface area contributed by atoms with Gasteiger partial charge in [-0.1, -0.05) is 17.7 Å². The fraction of sp³-hybridized carbons (Fsp3) is 0.526. The van der Waals surface area contributed by atoms with Gasteiger partial charge in [-0.2, -0.15) is 5.10 Å². The average Bonchev–Trinajstić information content (AvgIpc) is 2.99. The van der Waals surface area contributed by atoms with Gasteiger partial charge in [-0.05, 0) is 45.4 Å². The summed E-state index contributed by atoms with van der Waals surface area (Å²) in [5.41, 5.74) is 0. The minimum absolute atomic E-state index is 0.0603. The van der Waals surface area contributed by atoms with E-state index in [1.165, 1.54) is 0 Å². The molecule has 0 spiro atoms. The molecular weight excluding hydrogens is 364 g/mol. The third kappa shape index (κ3) is 5.60. The van der Waals surface area contributed by atoms with Crippen LogP contribution in [0.15, 0.2) is 29.3 Å². The lowest BCUT2D eigenvalue weighted by Gasteiger charge is -2.25. The summed E-state index contributed by atoms with van der Waals surface area (Å²) in [4.78, 5) is 9.14. The number of ether oxygens (including phenoxy) is 1.